The van der Waals surface area contributed by atoms with Crippen molar-refractivity contribution in [3.63, 3.8) is 0 Å². The van der Waals surface area contributed by atoms with E-state index in [2.05, 4.69) is 39.5 Å². The summed E-state index contributed by atoms with van der Waals surface area (Å²) in [5, 5.41) is 21.2. The van der Waals surface area contributed by atoms with E-state index in [4.69, 9.17) is 0 Å². The van der Waals surface area contributed by atoms with Gasteiger partial charge in [-0.25, -0.2) is 5.43 Å². The van der Waals surface area contributed by atoms with E-state index < -0.39 is 0 Å². The smallest absolute Gasteiger partial charge is 0.292 e. The number of carbonyl (C=O) groups excluding carboxylic acids is 1. The summed E-state index contributed by atoms with van der Waals surface area (Å²) in [5.74, 6) is -0.204. The molecule has 0 radical (unpaired) electrons. The van der Waals surface area contributed by atoms with Crippen molar-refractivity contribution in [1.29, 1.82) is 0 Å². The molecule has 7 nitrogen and oxygen atoms in total. The Labute approximate surface area is 153 Å². The van der Waals surface area contributed by atoms with Gasteiger partial charge in [-0.2, -0.15) is 10.2 Å². The molecule has 1 aliphatic rings. The van der Waals surface area contributed by atoms with Crippen LogP contribution in [0.1, 0.15) is 54.0 Å². The maximum atomic E-state index is 12.3. The highest BCUT2D eigenvalue weighted by Crippen LogP contribution is 2.24. The lowest BCUT2D eigenvalue weighted by Crippen LogP contribution is -2.21. The number of phenols is 1. The Hall–Kier alpha value is -2.83. The molecule has 0 aliphatic heterocycles. The first kappa shape index (κ1) is 18.0. The molecule has 138 valence electrons. The minimum absolute atomic E-state index is 0.129. The van der Waals surface area contributed by atoms with Crippen molar-refractivity contribution in [3.8, 4) is 5.75 Å². The van der Waals surface area contributed by atoms with Crippen LogP contribution in [-0.2, 0) is 12.8 Å². The molecular formula is C19H25N5O2. The predicted molar refractivity (Wildman–Crippen MR) is 102 cm³/mol. The van der Waals surface area contributed by atoms with Crippen molar-refractivity contribution >= 4 is 17.8 Å². The molecule has 1 aliphatic carbocycles. The van der Waals surface area contributed by atoms with Crippen molar-refractivity contribution < 1.29 is 9.90 Å². The number of aromatic nitrogens is 2. The zero-order chi connectivity index (χ0) is 18.5. The number of hydrogen-bond acceptors (Lipinski definition) is 5. The van der Waals surface area contributed by atoms with Crippen LogP contribution in [-0.4, -0.2) is 40.5 Å². The van der Waals surface area contributed by atoms with Crippen LogP contribution in [0.25, 0.3) is 0 Å². The average molecular weight is 355 g/mol. The summed E-state index contributed by atoms with van der Waals surface area (Å²) < 4.78 is 0. The van der Waals surface area contributed by atoms with Crippen molar-refractivity contribution in [2.45, 2.75) is 39.5 Å². The molecule has 26 heavy (non-hydrogen) atoms. The van der Waals surface area contributed by atoms with Gasteiger partial charge < -0.3 is 10.0 Å². The van der Waals surface area contributed by atoms with Gasteiger partial charge in [0, 0.05) is 41.7 Å². The average Bonchev–Trinajstić information content (AvgIpc) is 3.08. The summed E-state index contributed by atoms with van der Waals surface area (Å²) in [7, 11) is 0. The van der Waals surface area contributed by atoms with Crippen LogP contribution in [0.2, 0.25) is 0 Å². The third-order valence-electron chi connectivity index (χ3n) is 4.78. The van der Waals surface area contributed by atoms with E-state index in [1.807, 2.05) is 6.07 Å². The Kier molecular flexibility index (Phi) is 5.55. The predicted octanol–water partition coefficient (Wildman–Crippen LogP) is 2.60. The molecule has 1 aromatic heterocycles. The number of amides is 1. The number of aryl methyl sites for hydroxylation is 1. The van der Waals surface area contributed by atoms with Gasteiger partial charge in [-0.05, 0) is 51.7 Å². The largest absolute Gasteiger partial charge is 0.507 e. The van der Waals surface area contributed by atoms with Crippen LogP contribution >= 0.6 is 0 Å². The summed E-state index contributed by atoms with van der Waals surface area (Å²) in [6.07, 6.45) is 5.44. The number of rotatable bonds is 6. The number of aromatic hydroxyl groups is 1. The van der Waals surface area contributed by atoms with E-state index in [1.165, 1.54) is 6.21 Å². The summed E-state index contributed by atoms with van der Waals surface area (Å²) >= 11 is 0. The molecule has 0 spiro atoms. The fourth-order valence-corrected chi connectivity index (χ4v) is 3.31. The highest BCUT2D eigenvalue weighted by Gasteiger charge is 2.21. The van der Waals surface area contributed by atoms with Gasteiger partial charge in [-0.3, -0.25) is 9.89 Å². The Bertz CT molecular complexity index is 808. The Morgan fingerprint density at radius 2 is 2.12 bits per heavy atom. The number of carbonyl (C=O) groups is 1. The minimum atomic E-state index is -0.333. The second-order valence-corrected chi connectivity index (χ2v) is 6.35. The number of nitrogens with zero attached hydrogens (tertiary/aromatic N) is 3. The number of aromatic amines is 1. The van der Waals surface area contributed by atoms with E-state index in [9.17, 15) is 9.90 Å². The van der Waals surface area contributed by atoms with E-state index in [0.717, 1.165) is 55.7 Å². The molecule has 1 aromatic carbocycles. The van der Waals surface area contributed by atoms with Gasteiger partial charge in [-0.1, -0.05) is 0 Å². The lowest BCUT2D eigenvalue weighted by molar-refractivity contribution is 0.0949. The second kappa shape index (κ2) is 8.03. The summed E-state index contributed by atoms with van der Waals surface area (Å²) in [5.41, 5.74) is 6.46. The normalized spacial score (nSPS) is 13.6. The van der Waals surface area contributed by atoms with Crippen molar-refractivity contribution in [2.75, 3.05) is 18.0 Å². The van der Waals surface area contributed by atoms with Crippen LogP contribution in [0.3, 0.4) is 0 Å². The highest BCUT2D eigenvalue weighted by molar-refractivity contribution is 5.95. The number of hydrogen-bond donors (Lipinski definition) is 3. The fourth-order valence-electron chi connectivity index (χ4n) is 3.31. The lowest BCUT2D eigenvalue weighted by Gasteiger charge is -2.21. The minimum Gasteiger partial charge on any atom is -0.507 e. The summed E-state index contributed by atoms with van der Waals surface area (Å²) in [6.45, 7) is 5.87. The van der Waals surface area contributed by atoms with Gasteiger partial charge in [0.1, 0.15) is 5.75 Å². The quantitative estimate of drug-likeness (QED) is 0.548. The third kappa shape index (κ3) is 3.71. The Balaban J connectivity index is 1.67. The molecule has 1 heterocycles. The van der Waals surface area contributed by atoms with Gasteiger partial charge >= 0.3 is 0 Å². The molecule has 0 saturated carbocycles. The van der Waals surface area contributed by atoms with Gasteiger partial charge in [0.05, 0.1) is 6.21 Å². The van der Waals surface area contributed by atoms with Crippen LogP contribution in [0, 0.1) is 0 Å². The number of fused-ring (bicyclic) bond motifs is 1. The monoisotopic (exact) mass is 355 g/mol. The van der Waals surface area contributed by atoms with Crippen LogP contribution in [0.15, 0.2) is 23.3 Å². The first-order chi connectivity index (χ1) is 12.6. The van der Waals surface area contributed by atoms with Crippen LogP contribution in [0.4, 0.5) is 5.69 Å². The van der Waals surface area contributed by atoms with E-state index in [-0.39, 0.29) is 11.7 Å². The number of nitrogens with one attached hydrogen (secondary N) is 2. The highest BCUT2D eigenvalue weighted by atomic mass is 16.3. The third-order valence-corrected chi connectivity index (χ3v) is 4.78. The molecule has 0 bridgehead atoms. The van der Waals surface area contributed by atoms with E-state index >= 15 is 0 Å². The second-order valence-electron chi connectivity index (χ2n) is 6.35. The van der Waals surface area contributed by atoms with Gasteiger partial charge in [-0.15, -0.1) is 0 Å². The zero-order valence-corrected chi connectivity index (χ0v) is 15.2. The molecule has 0 fully saturated rings. The summed E-state index contributed by atoms with van der Waals surface area (Å²) in [4.78, 5) is 14.4. The molecule has 0 unspecified atom stereocenters. The van der Waals surface area contributed by atoms with Gasteiger partial charge in [0.2, 0.25) is 0 Å². The molecule has 0 atom stereocenters. The van der Waals surface area contributed by atoms with Crippen molar-refractivity contribution in [3.05, 3.63) is 40.7 Å². The first-order valence-electron chi connectivity index (χ1n) is 9.11. The lowest BCUT2D eigenvalue weighted by atomic mass is 9.96. The molecular weight excluding hydrogens is 330 g/mol. The Morgan fingerprint density at radius 1 is 1.35 bits per heavy atom. The van der Waals surface area contributed by atoms with Crippen LogP contribution in [0.5, 0.6) is 5.75 Å². The number of H-pyrrole nitrogens is 1. The van der Waals surface area contributed by atoms with Gasteiger partial charge in [0.25, 0.3) is 5.91 Å². The first-order valence-corrected chi connectivity index (χ1v) is 9.11. The maximum absolute atomic E-state index is 12.3. The number of phenolic OH excluding ortho intramolecular Hbond substituents is 1. The number of hydrazone groups is 1. The molecule has 3 N–H and O–H groups in total. The van der Waals surface area contributed by atoms with Crippen molar-refractivity contribution in [1.82, 2.24) is 15.6 Å². The SMILES string of the molecule is CCN(CC)c1ccc(/C=N/NC(=O)c2n[nH]c3c2CCCC3)c(O)c1. The summed E-state index contributed by atoms with van der Waals surface area (Å²) in [6, 6.07) is 5.43. The molecule has 7 heteroatoms. The number of benzene rings is 1. The molecule has 1 amide bonds. The number of anilines is 1. The van der Waals surface area contributed by atoms with Gasteiger partial charge in [0.15, 0.2) is 5.69 Å². The fraction of sp³-hybridized carbons (Fsp3) is 0.421. The standard InChI is InChI=1S/C19H25N5O2/c1-3-24(4-2)14-10-9-13(17(25)11-14)12-20-23-19(26)18-15-7-5-6-8-16(15)21-22-18/h9-12,25H,3-8H2,1-2H3,(H,21,22)(H,23,26)/b20-12+. The maximum Gasteiger partial charge on any atom is 0.292 e. The van der Waals surface area contributed by atoms with E-state index in [1.54, 1.807) is 12.1 Å². The Morgan fingerprint density at radius 3 is 2.85 bits per heavy atom. The molecule has 0 saturated heterocycles. The molecule has 2 aromatic rings. The van der Waals surface area contributed by atoms with Crippen molar-refractivity contribution in [2.24, 2.45) is 5.10 Å². The molecule has 3 rings (SSSR count). The van der Waals surface area contributed by atoms with Crippen LogP contribution < -0.4 is 10.3 Å². The topological polar surface area (TPSA) is 93.6 Å². The van der Waals surface area contributed by atoms with E-state index in [0.29, 0.717) is 11.3 Å². The zero-order valence-electron chi connectivity index (χ0n) is 15.2.